The van der Waals surface area contributed by atoms with E-state index in [1.807, 2.05) is 20.8 Å². The van der Waals surface area contributed by atoms with Gasteiger partial charge in [-0.1, -0.05) is 11.6 Å². The van der Waals surface area contributed by atoms with E-state index in [4.69, 9.17) is 21.4 Å². The van der Waals surface area contributed by atoms with E-state index in [-0.39, 0.29) is 6.42 Å². The van der Waals surface area contributed by atoms with Crippen LogP contribution in [0.5, 0.6) is 5.75 Å². The summed E-state index contributed by atoms with van der Waals surface area (Å²) in [6.45, 7) is 5.60. The van der Waals surface area contributed by atoms with Gasteiger partial charge in [0.15, 0.2) is 0 Å². The fourth-order valence-corrected chi connectivity index (χ4v) is 2.04. The molecule has 1 N–H and O–H groups in total. The van der Waals surface area contributed by atoms with Crippen LogP contribution in [-0.2, 0) is 11.2 Å². The molecular weight excluding hydrogens is 228 g/mol. The Morgan fingerprint density at radius 3 is 2.25 bits per heavy atom. The lowest BCUT2D eigenvalue weighted by Gasteiger charge is -2.17. The van der Waals surface area contributed by atoms with Crippen LogP contribution >= 0.6 is 11.6 Å². The molecule has 0 spiro atoms. The standard InChI is InChI=1S/C12H15ClO3/c1-6-7(2)12(16-4)9(5-10(14)15)8(3)11(6)13/h5H2,1-4H3,(H,14,15). The van der Waals surface area contributed by atoms with Crippen LogP contribution in [-0.4, -0.2) is 18.2 Å². The van der Waals surface area contributed by atoms with Crippen molar-refractivity contribution in [1.82, 2.24) is 0 Å². The van der Waals surface area contributed by atoms with Crippen molar-refractivity contribution in [3.63, 3.8) is 0 Å². The predicted molar refractivity (Wildman–Crippen MR) is 63.6 cm³/mol. The molecule has 0 bridgehead atoms. The van der Waals surface area contributed by atoms with Crippen molar-refractivity contribution in [2.24, 2.45) is 0 Å². The van der Waals surface area contributed by atoms with Crippen LogP contribution < -0.4 is 4.74 Å². The molecule has 0 amide bonds. The third kappa shape index (κ3) is 2.14. The third-order valence-corrected chi connectivity index (χ3v) is 3.39. The molecule has 1 aromatic rings. The Kier molecular flexibility index (Phi) is 3.81. The Morgan fingerprint density at radius 2 is 1.81 bits per heavy atom. The Bertz CT molecular complexity index is 439. The Labute approximate surface area is 100.0 Å². The fraction of sp³-hybridized carbons (Fsp3) is 0.417. The average Bonchev–Trinajstić information content (AvgIpc) is 2.23. The molecule has 88 valence electrons. The second kappa shape index (κ2) is 4.74. The van der Waals surface area contributed by atoms with Crippen molar-refractivity contribution >= 4 is 17.6 Å². The van der Waals surface area contributed by atoms with E-state index in [0.717, 1.165) is 16.7 Å². The molecular formula is C12H15ClO3. The summed E-state index contributed by atoms with van der Waals surface area (Å²) in [7, 11) is 1.54. The maximum absolute atomic E-state index is 10.8. The number of methoxy groups -OCH3 is 1. The maximum Gasteiger partial charge on any atom is 0.307 e. The van der Waals surface area contributed by atoms with Gasteiger partial charge in [-0.25, -0.2) is 0 Å². The predicted octanol–water partition coefficient (Wildman–Crippen LogP) is 2.90. The van der Waals surface area contributed by atoms with Gasteiger partial charge in [0.1, 0.15) is 5.75 Å². The molecule has 1 aromatic carbocycles. The lowest BCUT2D eigenvalue weighted by molar-refractivity contribution is -0.136. The second-order valence-corrected chi connectivity index (χ2v) is 4.15. The van der Waals surface area contributed by atoms with Crippen LogP contribution in [0.4, 0.5) is 0 Å². The summed E-state index contributed by atoms with van der Waals surface area (Å²) in [5.41, 5.74) is 3.27. The van der Waals surface area contributed by atoms with Crippen LogP contribution in [0.2, 0.25) is 5.02 Å². The van der Waals surface area contributed by atoms with Crippen molar-refractivity contribution in [3.8, 4) is 5.75 Å². The van der Waals surface area contributed by atoms with Gasteiger partial charge in [0.2, 0.25) is 0 Å². The minimum absolute atomic E-state index is 0.0736. The first-order valence-electron chi connectivity index (χ1n) is 4.94. The number of halogens is 1. The van der Waals surface area contributed by atoms with Gasteiger partial charge in [-0.2, -0.15) is 0 Å². The minimum atomic E-state index is -0.888. The van der Waals surface area contributed by atoms with Crippen molar-refractivity contribution in [2.45, 2.75) is 27.2 Å². The third-order valence-electron chi connectivity index (χ3n) is 2.82. The zero-order chi connectivity index (χ0) is 12.5. The van der Waals surface area contributed by atoms with Crippen LogP contribution in [0.25, 0.3) is 0 Å². The summed E-state index contributed by atoms with van der Waals surface area (Å²) in [6.07, 6.45) is -0.0736. The average molecular weight is 243 g/mol. The van der Waals surface area contributed by atoms with Crippen molar-refractivity contribution < 1.29 is 14.6 Å². The number of carboxylic acids is 1. The highest BCUT2D eigenvalue weighted by atomic mass is 35.5. The van der Waals surface area contributed by atoms with Crippen LogP contribution in [0.3, 0.4) is 0 Å². The van der Waals surface area contributed by atoms with E-state index in [0.29, 0.717) is 16.3 Å². The number of carbonyl (C=O) groups is 1. The molecule has 0 aliphatic carbocycles. The molecule has 0 heterocycles. The maximum atomic E-state index is 10.8. The summed E-state index contributed by atoms with van der Waals surface area (Å²) in [5, 5.41) is 9.48. The molecule has 0 aliphatic rings. The topological polar surface area (TPSA) is 46.5 Å². The highest BCUT2D eigenvalue weighted by Gasteiger charge is 2.18. The molecule has 1 rings (SSSR count). The minimum Gasteiger partial charge on any atom is -0.496 e. The van der Waals surface area contributed by atoms with Crippen molar-refractivity contribution in [3.05, 3.63) is 27.3 Å². The second-order valence-electron chi connectivity index (χ2n) is 3.77. The van der Waals surface area contributed by atoms with Gasteiger partial charge in [-0.3, -0.25) is 4.79 Å². The molecule has 0 atom stereocenters. The van der Waals surface area contributed by atoms with E-state index in [1.54, 1.807) is 7.11 Å². The number of aliphatic carboxylic acids is 1. The molecule has 0 radical (unpaired) electrons. The lowest BCUT2D eigenvalue weighted by Crippen LogP contribution is -2.07. The molecule has 0 aromatic heterocycles. The van der Waals surface area contributed by atoms with Gasteiger partial charge in [0.05, 0.1) is 13.5 Å². The normalized spacial score (nSPS) is 10.3. The number of carboxylic acid groups (broad SMARTS) is 1. The van der Waals surface area contributed by atoms with E-state index >= 15 is 0 Å². The first kappa shape index (κ1) is 12.8. The molecule has 0 aliphatic heterocycles. The largest absolute Gasteiger partial charge is 0.496 e. The fourth-order valence-electron chi connectivity index (χ4n) is 1.79. The number of rotatable bonds is 3. The first-order valence-corrected chi connectivity index (χ1v) is 5.31. The number of ether oxygens (including phenoxy) is 1. The zero-order valence-electron chi connectivity index (χ0n) is 9.85. The smallest absolute Gasteiger partial charge is 0.307 e. The molecule has 4 heteroatoms. The van der Waals surface area contributed by atoms with Crippen molar-refractivity contribution in [2.75, 3.05) is 7.11 Å². The van der Waals surface area contributed by atoms with Gasteiger partial charge < -0.3 is 9.84 Å². The molecule has 0 fully saturated rings. The Hall–Kier alpha value is -1.22. The Balaban J connectivity index is 3.50. The number of benzene rings is 1. The highest BCUT2D eigenvalue weighted by molar-refractivity contribution is 6.32. The van der Waals surface area contributed by atoms with Crippen LogP contribution in [0, 0.1) is 20.8 Å². The van der Waals surface area contributed by atoms with Crippen LogP contribution in [0.1, 0.15) is 22.3 Å². The van der Waals surface area contributed by atoms with Gasteiger partial charge in [0.25, 0.3) is 0 Å². The molecule has 16 heavy (non-hydrogen) atoms. The summed E-state index contributed by atoms with van der Waals surface area (Å²) in [6, 6.07) is 0. The van der Waals surface area contributed by atoms with E-state index in [9.17, 15) is 4.79 Å². The summed E-state index contributed by atoms with van der Waals surface area (Å²) in [4.78, 5) is 10.8. The number of hydrogen-bond acceptors (Lipinski definition) is 2. The first-order chi connectivity index (χ1) is 7.40. The quantitative estimate of drug-likeness (QED) is 0.887. The molecule has 0 saturated heterocycles. The van der Waals surface area contributed by atoms with E-state index in [1.165, 1.54) is 0 Å². The molecule has 0 saturated carbocycles. The van der Waals surface area contributed by atoms with Crippen LogP contribution in [0.15, 0.2) is 0 Å². The van der Waals surface area contributed by atoms with E-state index < -0.39 is 5.97 Å². The molecule has 0 unspecified atom stereocenters. The highest BCUT2D eigenvalue weighted by Crippen LogP contribution is 2.35. The number of hydrogen-bond donors (Lipinski definition) is 1. The summed E-state index contributed by atoms with van der Waals surface area (Å²) < 4.78 is 5.27. The van der Waals surface area contributed by atoms with Gasteiger partial charge in [0, 0.05) is 10.6 Å². The lowest BCUT2D eigenvalue weighted by atomic mass is 9.97. The monoisotopic (exact) mass is 242 g/mol. The van der Waals surface area contributed by atoms with Gasteiger partial charge >= 0.3 is 5.97 Å². The Morgan fingerprint density at radius 1 is 1.25 bits per heavy atom. The summed E-state index contributed by atoms with van der Waals surface area (Å²) in [5.74, 6) is -0.262. The van der Waals surface area contributed by atoms with E-state index in [2.05, 4.69) is 0 Å². The molecule has 3 nitrogen and oxygen atoms in total. The van der Waals surface area contributed by atoms with Gasteiger partial charge in [-0.05, 0) is 37.5 Å². The van der Waals surface area contributed by atoms with Gasteiger partial charge in [-0.15, -0.1) is 0 Å². The van der Waals surface area contributed by atoms with Crippen molar-refractivity contribution in [1.29, 1.82) is 0 Å². The summed E-state index contributed by atoms with van der Waals surface area (Å²) >= 11 is 6.15. The zero-order valence-corrected chi connectivity index (χ0v) is 10.6. The SMILES string of the molecule is COc1c(C)c(C)c(Cl)c(C)c1CC(=O)O.